The van der Waals surface area contributed by atoms with E-state index in [4.69, 9.17) is 20.1 Å². The molecule has 2 aromatic carbocycles. The van der Waals surface area contributed by atoms with E-state index < -0.39 is 5.41 Å². The lowest BCUT2D eigenvalue weighted by Gasteiger charge is -2.24. The molecule has 6 nitrogen and oxygen atoms in total. The Labute approximate surface area is 164 Å². The molecule has 1 aliphatic carbocycles. The smallest absolute Gasteiger partial charge is 0.140 e. The van der Waals surface area contributed by atoms with Crippen molar-refractivity contribution in [1.29, 1.82) is 0 Å². The van der Waals surface area contributed by atoms with Gasteiger partial charge in [0.15, 0.2) is 0 Å². The molecule has 152 valence electrons. The van der Waals surface area contributed by atoms with Crippen LogP contribution in [0.15, 0.2) is 36.4 Å². The van der Waals surface area contributed by atoms with Crippen molar-refractivity contribution in [2.45, 2.75) is 32.1 Å². The number of benzene rings is 2. The number of rotatable bonds is 5. The molecule has 0 aliphatic heterocycles. The van der Waals surface area contributed by atoms with Crippen LogP contribution in [0.2, 0.25) is 0 Å². The Morgan fingerprint density at radius 3 is 2.04 bits per heavy atom. The van der Waals surface area contributed by atoms with E-state index in [-0.39, 0.29) is 43.7 Å². The van der Waals surface area contributed by atoms with Gasteiger partial charge in [0.2, 0.25) is 0 Å². The zero-order valence-corrected chi connectivity index (χ0v) is 16.4. The maximum atomic E-state index is 11.7. The highest BCUT2D eigenvalue weighted by Gasteiger charge is 2.29. The first-order chi connectivity index (χ1) is 13.4. The molecule has 1 fully saturated rings. The summed E-state index contributed by atoms with van der Waals surface area (Å²) in [6.45, 7) is 1.06. The molecular formula is C22H28O6. The number of Topliss-reactive ketones (excluding diaryl/α,β-unsaturated/α-hetero) is 2. The third-order valence-corrected chi connectivity index (χ3v) is 5.05. The van der Waals surface area contributed by atoms with Gasteiger partial charge in [0.25, 0.3) is 0 Å². The molecule has 1 aliphatic rings. The molecule has 0 aromatic heterocycles. The number of ketones is 2. The number of aliphatic hydroxyl groups excluding tert-OH is 3. The third-order valence-electron chi connectivity index (χ3n) is 5.05. The quantitative estimate of drug-likeness (QED) is 0.679. The second kappa shape index (κ2) is 9.78. The van der Waals surface area contributed by atoms with E-state index in [0.29, 0.717) is 12.8 Å². The van der Waals surface area contributed by atoms with Gasteiger partial charge in [0.05, 0.1) is 33.4 Å². The molecule has 0 unspecified atom stereocenters. The van der Waals surface area contributed by atoms with Crippen LogP contribution in [0.25, 0.3) is 10.8 Å². The summed E-state index contributed by atoms with van der Waals surface area (Å²) in [5, 5.41) is 27.6. The van der Waals surface area contributed by atoms with Gasteiger partial charge in [-0.3, -0.25) is 9.59 Å². The minimum atomic E-state index is -0.708. The maximum absolute atomic E-state index is 11.7. The van der Waals surface area contributed by atoms with Gasteiger partial charge in [-0.2, -0.15) is 0 Å². The van der Waals surface area contributed by atoms with E-state index in [1.165, 1.54) is 0 Å². The Morgan fingerprint density at radius 2 is 1.54 bits per heavy atom. The molecule has 0 amide bonds. The van der Waals surface area contributed by atoms with Crippen molar-refractivity contribution in [3.05, 3.63) is 42.0 Å². The van der Waals surface area contributed by atoms with Gasteiger partial charge in [-0.25, -0.2) is 0 Å². The van der Waals surface area contributed by atoms with Crippen molar-refractivity contribution in [1.82, 2.24) is 0 Å². The van der Waals surface area contributed by atoms with Crippen molar-refractivity contribution in [3.8, 4) is 5.75 Å². The fraction of sp³-hybridized carbons (Fsp3) is 0.455. The van der Waals surface area contributed by atoms with Crippen LogP contribution < -0.4 is 4.74 Å². The van der Waals surface area contributed by atoms with Gasteiger partial charge >= 0.3 is 0 Å². The Kier molecular flexibility index (Phi) is 7.69. The van der Waals surface area contributed by atoms with Gasteiger partial charge in [-0.15, -0.1) is 0 Å². The highest BCUT2D eigenvalue weighted by molar-refractivity contribution is 6.03. The highest BCUT2D eigenvalue weighted by Crippen LogP contribution is 2.39. The van der Waals surface area contributed by atoms with Crippen molar-refractivity contribution in [3.63, 3.8) is 0 Å². The number of carbonyl (C=O) groups is 2. The van der Waals surface area contributed by atoms with Crippen molar-refractivity contribution >= 4 is 22.3 Å². The zero-order valence-electron chi connectivity index (χ0n) is 16.4. The molecule has 0 heterocycles. The molecule has 1 saturated carbocycles. The molecule has 28 heavy (non-hydrogen) atoms. The zero-order chi connectivity index (χ0) is 20.7. The molecule has 0 saturated heterocycles. The number of fused-ring (bicyclic) bond motifs is 1. The van der Waals surface area contributed by atoms with E-state index in [1.807, 2.05) is 36.4 Å². The highest BCUT2D eigenvalue weighted by atomic mass is 16.5. The molecule has 0 atom stereocenters. The average molecular weight is 388 g/mol. The summed E-state index contributed by atoms with van der Waals surface area (Å²) in [6, 6.07) is 11.9. The largest absolute Gasteiger partial charge is 0.496 e. The first-order valence-corrected chi connectivity index (χ1v) is 9.29. The fourth-order valence-electron chi connectivity index (χ4n) is 3.21. The number of methoxy groups -OCH3 is 1. The molecule has 2 aromatic rings. The second-order valence-electron chi connectivity index (χ2n) is 7.55. The van der Waals surface area contributed by atoms with Crippen molar-refractivity contribution in [2.24, 2.45) is 5.41 Å². The summed E-state index contributed by atoms with van der Waals surface area (Å²) >= 11 is 0. The van der Waals surface area contributed by atoms with E-state index in [0.717, 1.165) is 22.1 Å². The van der Waals surface area contributed by atoms with E-state index >= 15 is 0 Å². The predicted molar refractivity (Wildman–Crippen MR) is 106 cm³/mol. The first-order valence-electron chi connectivity index (χ1n) is 9.29. The van der Waals surface area contributed by atoms with E-state index in [2.05, 4.69) is 0 Å². The lowest BCUT2D eigenvalue weighted by Crippen LogP contribution is -2.29. The standard InChI is InChI=1S/C17H16O3.C5H12O3/c1-20-16-7-6-11-4-2-3-5-15(11)17(16)12-8-13(18)10-14(19)9-12;1-5(2-6,3-7)4-8/h2-7,12H,8-10H2,1H3;6-8H,2-4H2,1H3. The second-order valence-corrected chi connectivity index (χ2v) is 7.55. The van der Waals surface area contributed by atoms with Crippen LogP contribution in [0.5, 0.6) is 5.75 Å². The topological polar surface area (TPSA) is 104 Å². The third kappa shape index (κ3) is 5.16. The molecule has 0 spiro atoms. The Bertz CT molecular complexity index is 801. The molecule has 0 bridgehead atoms. The average Bonchev–Trinajstić information content (AvgIpc) is 2.72. The first kappa shape index (κ1) is 22.0. The number of hydrogen-bond donors (Lipinski definition) is 3. The summed E-state index contributed by atoms with van der Waals surface area (Å²) in [4.78, 5) is 23.5. The maximum Gasteiger partial charge on any atom is 0.140 e. The van der Waals surface area contributed by atoms with Gasteiger partial charge in [0, 0.05) is 29.7 Å². The van der Waals surface area contributed by atoms with Gasteiger partial charge < -0.3 is 20.1 Å². The van der Waals surface area contributed by atoms with Gasteiger partial charge in [0.1, 0.15) is 17.3 Å². The summed E-state index contributed by atoms with van der Waals surface area (Å²) in [7, 11) is 1.63. The minimum Gasteiger partial charge on any atom is -0.496 e. The van der Waals surface area contributed by atoms with Gasteiger partial charge in [-0.1, -0.05) is 37.3 Å². The van der Waals surface area contributed by atoms with Crippen LogP contribution in [0.1, 0.15) is 37.7 Å². The van der Waals surface area contributed by atoms with Crippen LogP contribution in [0.3, 0.4) is 0 Å². The number of aliphatic hydroxyl groups is 3. The molecule has 6 heteroatoms. The monoisotopic (exact) mass is 388 g/mol. The molecule has 3 rings (SSSR count). The Hall–Kier alpha value is -2.28. The van der Waals surface area contributed by atoms with E-state index in [1.54, 1.807) is 14.0 Å². The van der Waals surface area contributed by atoms with Gasteiger partial charge in [-0.05, 0) is 16.8 Å². The van der Waals surface area contributed by atoms with Crippen LogP contribution in [0.4, 0.5) is 0 Å². The van der Waals surface area contributed by atoms with Crippen LogP contribution in [-0.2, 0) is 9.59 Å². The van der Waals surface area contributed by atoms with Crippen molar-refractivity contribution < 1.29 is 29.6 Å². The summed E-state index contributed by atoms with van der Waals surface area (Å²) < 4.78 is 5.45. The van der Waals surface area contributed by atoms with E-state index in [9.17, 15) is 9.59 Å². The SMILES string of the molecule is CC(CO)(CO)CO.COc1ccc2ccccc2c1C1CC(=O)CC(=O)C1. The number of ether oxygens (including phenoxy) is 1. The molecular weight excluding hydrogens is 360 g/mol. The van der Waals surface area contributed by atoms with Crippen LogP contribution >= 0.6 is 0 Å². The molecule has 3 N–H and O–H groups in total. The predicted octanol–water partition coefficient (Wildman–Crippen LogP) is 2.22. The lowest BCUT2D eigenvalue weighted by atomic mass is 9.80. The Morgan fingerprint density at radius 1 is 0.964 bits per heavy atom. The summed E-state index contributed by atoms with van der Waals surface area (Å²) in [5.41, 5.74) is 0.284. The normalized spacial score (nSPS) is 15.3. The lowest BCUT2D eigenvalue weighted by molar-refractivity contribution is -0.130. The number of hydrogen-bond acceptors (Lipinski definition) is 6. The summed E-state index contributed by atoms with van der Waals surface area (Å²) in [5.74, 6) is 0.753. The number of carbonyl (C=O) groups excluding carboxylic acids is 2. The fourth-order valence-corrected chi connectivity index (χ4v) is 3.21. The molecule has 0 radical (unpaired) electrons. The summed E-state index contributed by atoms with van der Waals surface area (Å²) in [6.07, 6.45) is 0.940. The van der Waals surface area contributed by atoms with Crippen LogP contribution in [0, 0.1) is 5.41 Å². The van der Waals surface area contributed by atoms with Crippen LogP contribution in [-0.4, -0.2) is 53.8 Å². The Balaban J connectivity index is 0.000000300. The minimum absolute atomic E-state index is 0.0289. The van der Waals surface area contributed by atoms with Crippen molar-refractivity contribution in [2.75, 3.05) is 26.9 Å².